The average Bonchev–Trinajstić information content (AvgIpc) is 2.97. The first-order chi connectivity index (χ1) is 16.9. The number of alkyl halides is 3. The number of hydrogen-bond acceptors (Lipinski definition) is 7. The Bertz CT molecular complexity index is 1280. The first-order valence-corrected chi connectivity index (χ1v) is 11.4. The Morgan fingerprint density at radius 3 is 2.24 bits per heavy atom. The van der Waals surface area contributed by atoms with Crippen LogP contribution in [0.1, 0.15) is 44.9 Å². The first-order valence-electron chi connectivity index (χ1n) is 10.6. The van der Waals surface area contributed by atoms with E-state index in [1.165, 1.54) is 31.2 Å². The molecule has 1 N–H and O–H groups in total. The van der Waals surface area contributed by atoms with Gasteiger partial charge in [-0.2, -0.15) is 13.2 Å². The average molecular weight is 560 g/mol. The molecule has 1 saturated heterocycles. The summed E-state index contributed by atoms with van der Waals surface area (Å²) in [6.07, 6.45) is -8.01. The van der Waals surface area contributed by atoms with Gasteiger partial charge in [-0.05, 0) is 69.7 Å². The summed E-state index contributed by atoms with van der Waals surface area (Å²) in [4.78, 5) is 38.2. The van der Waals surface area contributed by atoms with Crippen LogP contribution in [0.2, 0.25) is 5.02 Å². The summed E-state index contributed by atoms with van der Waals surface area (Å²) < 4.78 is 46.2. The van der Waals surface area contributed by atoms with Gasteiger partial charge in [-0.3, -0.25) is 19.8 Å². The minimum atomic E-state index is -5.14. The predicted molar refractivity (Wildman–Crippen MR) is 131 cm³/mol. The standard InChI is InChI=1S/C23H21ClF3N3O6S/c1-21(2,3)36-20(33)29-19(37)28(14-9-10-16(30(34)35)15(11-14)23(25,26)27)18(32)22(29,4)17(31)12-5-7-13(24)8-6-12/h5-11,17,31H,1-4H3/t17-,22+/m0/s1. The van der Waals surface area contributed by atoms with E-state index in [9.17, 15) is 38.0 Å². The summed E-state index contributed by atoms with van der Waals surface area (Å²) >= 11 is 11.2. The number of ether oxygens (including phenoxy) is 1. The molecule has 1 fully saturated rings. The van der Waals surface area contributed by atoms with Crippen LogP contribution in [0.5, 0.6) is 0 Å². The zero-order chi connectivity index (χ0) is 28.1. The molecule has 2 aromatic rings. The highest BCUT2D eigenvalue weighted by molar-refractivity contribution is 7.80. The van der Waals surface area contributed by atoms with Gasteiger partial charge < -0.3 is 9.84 Å². The second-order valence-electron chi connectivity index (χ2n) is 9.30. The van der Waals surface area contributed by atoms with Crippen molar-refractivity contribution in [2.45, 2.75) is 51.1 Å². The molecule has 2 amide bonds. The van der Waals surface area contributed by atoms with Crippen LogP contribution in [-0.2, 0) is 15.7 Å². The Morgan fingerprint density at radius 2 is 1.76 bits per heavy atom. The molecule has 198 valence electrons. The quantitative estimate of drug-likeness (QED) is 0.293. The Morgan fingerprint density at radius 1 is 1.19 bits per heavy atom. The number of carbonyl (C=O) groups is 2. The lowest BCUT2D eigenvalue weighted by Crippen LogP contribution is -2.55. The maximum Gasteiger partial charge on any atom is 0.423 e. The number of carbonyl (C=O) groups excluding carboxylic acids is 2. The van der Waals surface area contributed by atoms with Gasteiger partial charge in [0.25, 0.3) is 11.6 Å². The van der Waals surface area contributed by atoms with E-state index >= 15 is 0 Å². The van der Waals surface area contributed by atoms with Crippen molar-refractivity contribution in [1.29, 1.82) is 0 Å². The van der Waals surface area contributed by atoms with E-state index in [2.05, 4.69) is 0 Å². The van der Waals surface area contributed by atoms with Gasteiger partial charge in [0.05, 0.1) is 10.6 Å². The van der Waals surface area contributed by atoms with Crippen LogP contribution in [0, 0.1) is 10.1 Å². The topological polar surface area (TPSA) is 113 Å². The molecule has 3 rings (SSSR count). The number of nitro groups is 1. The normalized spacial score (nSPS) is 19.3. The molecule has 0 aliphatic carbocycles. The first kappa shape index (κ1) is 28.3. The molecular formula is C23H21ClF3N3O6S. The molecule has 1 aliphatic rings. The molecule has 2 aromatic carbocycles. The van der Waals surface area contributed by atoms with Crippen LogP contribution in [0.3, 0.4) is 0 Å². The number of benzene rings is 2. The smallest absolute Gasteiger partial charge is 0.423 e. The molecule has 37 heavy (non-hydrogen) atoms. The minimum absolute atomic E-state index is 0.151. The van der Waals surface area contributed by atoms with Gasteiger partial charge in [-0.25, -0.2) is 9.69 Å². The number of amides is 2. The molecule has 14 heteroatoms. The highest BCUT2D eigenvalue weighted by Crippen LogP contribution is 2.44. The largest absolute Gasteiger partial charge is 0.443 e. The van der Waals surface area contributed by atoms with Crippen LogP contribution in [-0.4, -0.2) is 43.2 Å². The fourth-order valence-electron chi connectivity index (χ4n) is 3.77. The van der Waals surface area contributed by atoms with Gasteiger partial charge in [-0.1, -0.05) is 23.7 Å². The SMILES string of the molecule is CC(C)(C)OC(=O)N1C(=S)N(c2ccc([N+](=O)[O-])c(C(F)(F)F)c2)C(=O)[C@@]1(C)[C@@H](O)c1ccc(Cl)cc1. The van der Waals surface area contributed by atoms with Gasteiger partial charge in [0.1, 0.15) is 17.3 Å². The number of halogens is 4. The summed E-state index contributed by atoms with van der Waals surface area (Å²) in [5, 5.41) is 22.2. The van der Waals surface area contributed by atoms with E-state index in [4.69, 9.17) is 28.6 Å². The van der Waals surface area contributed by atoms with Gasteiger partial charge in [0, 0.05) is 11.1 Å². The zero-order valence-electron chi connectivity index (χ0n) is 19.9. The lowest BCUT2D eigenvalue weighted by molar-refractivity contribution is -0.388. The molecule has 0 radical (unpaired) electrons. The maximum atomic E-state index is 13.8. The summed E-state index contributed by atoms with van der Waals surface area (Å²) in [5.74, 6) is -1.06. The molecule has 2 atom stereocenters. The lowest BCUT2D eigenvalue weighted by Gasteiger charge is -2.36. The maximum absolute atomic E-state index is 13.8. The van der Waals surface area contributed by atoms with E-state index in [1.54, 1.807) is 20.8 Å². The predicted octanol–water partition coefficient (Wildman–Crippen LogP) is 5.63. The van der Waals surface area contributed by atoms with Crippen LogP contribution in [0.15, 0.2) is 42.5 Å². The Labute approximate surface area is 219 Å². The van der Waals surface area contributed by atoms with Crippen molar-refractivity contribution in [2.24, 2.45) is 0 Å². The number of aliphatic hydroxyl groups excluding tert-OH is 1. The van der Waals surface area contributed by atoms with Crippen LogP contribution >= 0.6 is 23.8 Å². The van der Waals surface area contributed by atoms with E-state index in [1.807, 2.05) is 0 Å². The summed E-state index contributed by atoms with van der Waals surface area (Å²) in [6.45, 7) is 5.81. The number of nitro benzene ring substituents is 1. The molecule has 0 spiro atoms. The van der Waals surface area contributed by atoms with Crippen molar-refractivity contribution in [3.63, 3.8) is 0 Å². The second kappa shape index (κ2) is 9.54. The van der Waals surface area contributed by atoms with Crippen LogP contribution in [0.25, 0.3) is 0 Å². The highest BCUT2D eigenvalue weighted by Gasteiger charge is 2.61. The van der Waals surface area contributed by atoms with Crippen molar-refractivity contribution in [3.8, 4) is 0 Å². The van der Waals surface area contributed by atoms with Crippen molar-refractivity contribution >= 4 is 52.3 Å². The minimum Gasteiger partial charge on any atom is -0.443 e. The van der Waals surface area contributed by atoms with Crippen LogP contribution in [0.4, 0.5) is 29.3 Å². The van der Waals surface area contributed by atoms with Gasteiger partial charge >= 0.3 is 12.3 Å². The van der Waals surface area contributed by atoms with Crippen molar-refractivity contribution in [3.05, 3.63) is 68.7 Å². The monoisotopic (exact) mass is 559 g/mol. The fourth-order valence-corrected chi connectivity index (χ4v) is 4.35. The van der Waals surface area contributed by atoms with E-state index < -0.39 is 62.4 Å². The van der Waals surface area contributed by atoms with Gasteiger partial charge in [0.2, 0.25) is 0 Å². The zero-order valence-corrected chi connectivity index (χ0v) is 21.4. The van der Waals surface area contributed by atoms with Crippen molar-refractivity contribution in [1.82, 2.24) is 4.90 Å². The molecule has 9 nitrogen and oxygen atoms in total. The lowest BCUT2D eigenvalue weighted by atomic mass is 9.88. The van der Waals surface area contributed by atoms with Gasteiger partial charge in [0.15, 0.2) is 10.7 Å². The molecule has 1 aliphatic heterocycles. The molecule has 0 unspecified atom stereocenters. The third-order valence-corrected chi connectivity index (χ3v) is 6.13. The third-order valence-electron chi connectivity index (χ3n) is 5.52. The van der Waals surface area contributed by atoms with E-state index in [-0.39, 0.29) is 5.56 Å². The molecule has 1 heterocycles. The molecular weight excluding hydrogens is 539 g/mol. The van der Waals surface area contributed by atoms with E-state index in [0.717, 1.165) is 6.07 Å². The Balaban J connectivity index is 2.21. The van der Waals surface area contributed by atoms with E-state index in [0.29, 0.717) is 27.0 Å². The summed E-state index contributed by atoms with van der Waals surface area (Å²) in [6, 6.07) is 7.53. The number of hydrogen-bond donors (Lipinski definition) is 1. The molecule has 0 aromatic heterocycles. The molecule has 0 bridgehead atoms. The number of aliphatic hydroxyl groups is 1. The summed E-state index contributed by atoms with van der Waals surface area (Å²) in [7, 11) is 0. The van der Waals surface area contributed by atoms with Crippen molar-refractivity contribution < 1.29 is 37.5 Å². The van der Waals surface area contributed by atoms with Crippen molar-refractivity contribution in [2.75, 3.05) is 4.90 Å². The number of nitrogens with zero attached hydrogens (tertiary/aromatic N) is 3. The molecule has 0 saturated carbocycles. The highest BCUT2D eigenvalue weighted by atomic mass is 35.5. The summed E-state index contributed by atoms with van der Waals surface area (Å²) in [5.41, 5.74) is -6.44. The number of anilines is 1. The van der Waals surface area contributed by atoms with Crippen LogP contribution < -0.4 is 4.90 Å². The number of thiocarbonyl (C=S) groups is 1. The third kappa shape index (κ3) is 5.24. The number of rotatable bonds is 4. The van der Waals surface area contributed by atoms with Gasteiger partial charge in [-0.15, -0.1) is 0 Å². The Kier molecular flexibility index (Phi) is 7.29. The second-order valence-corrected chi connectivity index (χ2v) is 10.1. The fraction of sp³-hybridized carbons (Fsp3) is 0.348. The Hall–Kier alpha value is -3.29.